The van der Waals surface area contributed by atoms with Crippen LogP contribution < -0.4 is 0 Å². The molecule has 2 aromatic carbocycles. The van der Waals surface area contributed by atoms with Crippen LogP contribution in [0.1, 0.15) is 0 Å². The lowest BCUT2D eigenvalue weighted by Gasteiger charge is -1.93. The van der Waals surface area contributed by atoms with Crippen LogP contribution in [0, 0.1) is 13.7 Å². The van der Waals surface area contributed by atoms with Crippen LogP contribution in [-0.4, -0.2) is 9.91 Å². The zero-order valence-corrected chi connectivity index (χ0v) is 10.8. The van der Waals surface area contributed by atoms with E-state index in [4.69, 9.17) is 0 Å². The number of nitro groups is 1. The molecule has 1 heterocycles. The zero-order valence-electron chi connectivity index (χ0n) is 8.61. The van der Waals surface area contributed by atoms with E-state index in [0.29, 0.717) is 0 Å². The third-order valence-corrected chi connectivity index (χ3v) is 3.68. The zero-order chi connectivity index (χ0) is 12.0. The van der Waals surface area contributed by atoms with Gasteiger partial charge in [-0.25, -0.2) is 0 Å². The first-order valence-corrected chi connectivity index (χ1v) is 6.09. The number of nitro benzene ring substituents is 1. The molecule has 0 atom stereocenters. The molecule has 0 radical (unpaired) electrons. The molecule has 0 aliphatic rings. The summed E-state index contributed by atoms with van der Waals surface area (Å²) in [6, 6.07) is 10.8. The molecular weight excluding hydrogens is 331 g/mol. The summed E-state index contributed by atoms with van der Waals surface area (Å²) < 4.78 is 1.11. The fourth-order valence-corrected chi connectivity index (χ4v) is 2.62. The van der Waals surface area contributed by atoms with Crippen molar-refractivity contribution >= 4 is 50.1 Å². The molecule has 84 valence electrons. The Morgan fingerprint density at radius 1 is 1.18 bits per heavy atom. The van der Waals surface area contributed by atoms with Gasteiger partial charge in [0.15, 0.2) is 0 Å². The van der Waals surface area contributed by atoms with Crippen LogP contribution in [0.25, 0.3) is 21.8 Å². The van der Waals surface area contributed by atoms with Gasteiger partial charge in [0.25, 0.3) is 5.69 Å². The van der Waals surface area contributed by atoms with Gasteiger partial charge in [-0.1, -0.05) is 12.1 Å². The van der Waals surface area contributed by atoms with E-state index in [-0.39, 0.29) is 10.6 Å². The Bertz CT molecular complexity index is 749. The molecule has 1 aromatic heterocycles. The third kappa shape index (κ3) is 1.57. The number of rotatable bonds is 1. The second-order valence-electron chi connectivity index (χ2n) is 3.77. The van der Waals surface area contributed by atoms with Gasteiger partial charge in [0.1, 0.15) is 0 Å². The molecule has 0 aliphatic heterocycles. The third-order valence-electron chi connectivity index (χ3n) is 2.78. The Hall–Kier alpha value is -1.63. The van der Waals surface area contributed by atoms with E-state index in [1.807, 2.05) is 18.2 Å². The van der Waals surface area contributed by atoms with Crippen molar-refractivity contribution < 1.29 is 4.92 Å². The second kappa shape index (κ2) is 3.69. The number of benzene rings is 2. The summed E-state index contributed by atoms with van der Waals surface area (Å²) >= 11 is 2.25. The molecule has 4 nitrogen and oxygen atoms in total. The number of non-ortho nitro benzene ring substituents is 1. The van der Waals surface area contributed by atoms with E-state index < -0.39 is 0 Å². The Kier molecular flexibility index (Phi) is 2.29. The Balaban J connectivity index is 2.46. The fourth-order valence-electron chi connectivity index (χ4n) is 1.99. The first kappa shape index (κ1) is 10.5. The average molecular weight is 338 g/mol. The standard InChI is InChI=1S/C12H7IN2O2/c13-10-3-1-2-8-9-6-7(15(16)17)4-5-11(9)14-12(8)10/h1-6,14H. The van der Waals surface area contributed by atoms with Crippen LogP contribution in [0.15, 0.2) is 36.4 Å². The molecule has 0 aliphatic carbocycles. The highest BCUT2D eigenvalue weighted by Gasteiger charge is 2.11. The number of halogens is 1. The van der Waals surface area contributed by atoms with Gasteiger partial charge in [0, 0.05) is 32.0 Å². The van der Waals surface area contributed by atoms with E-state index in [1.165, 1.54) is 6.07 Å². The number of aromatic nitrogens is 1. The Morgan fingerprint density at radius 3 is 2.76 bits per heavy atom. The molecule has 0 saturated carbocycles. The molecule has 17 heavy (non-hydrogen) atoms. The first-order valence-electron chi connectivity index (χ1n) is 5.01. The minimum absolute atomic E-state index is 0.122. The van der Waals surface area contributed by atoms with Crippen LogP contribution in [0.4, 0.5) is 5.69 Å². The summed E-state index contributed by atoms with van der Waals surface area (Å²) in [5.41, 5.74) is 2.08. The van der Waals surface area contributed by atoms with E-state index in [9.17, 15) is 10.1 Å². The number of fused-ring (bicyclic) bond motifs is 3. The maximum Gasteiger partial charge on any atom is 0.270 e. The Labute approximate surface area is 110 Å². The van der Waals surface area contributed by atoms with E-state index >= 15 is 0 Å². The highest BCUT2D eigenvalue weighted by Crippen LogP contribution is 2.30. The molecule has 5 heteroatoms. The summed E-state index contributed by atoms with van der Waals surface area (Å²) in [5, 5.41) is 12.7. The van der Waals surface area contributed by atoms with E-state index in [0.717, 1.165) is 25.4 Å². The normalized spacial score (nSPS) is 11.1. The van der Waals surface area contributed by atoms with Crippen LogP contribution in [0.3, 0.4) is 0 Å². The number of nitrogens with zero attached hydrogens (tertiary/aromatic N) is 1. The molecule has 0 saturated heterocycles. The lowest BCUT2D eigenvalue weighted by molar-refractivity contribution is -0.384. The van der Waals surface area contributed by atoms with Crippen molar-refractivity contribution in [2.45, 2.75) is 0 Å². The van der Waals surface area contributed by atoms with E-state index in [1.54, 1.807) is 12.1 Å². The van der Waals surface area contributed by atoms with Gasteiger partial charge in [0.2, 0.25) is 0 Å². The molecule has 3 aromatic rings. The predicted octanol–water partition coefficient (Wildman–Crippen LogP) is 3.83. The van der Waals surface area contributed by atoms with Crippen LogP contribution in [0.5, 0.6) is 0 Å². The average Bonchev–Trinajstić information content (AvgIpc) is 2.68. The van der Waals surface area contributed by atoms with Gasteiger partial charge in [-0.2, -0.15) is 0 Å². The number of hydrogen-bond donors (Lipinski definition) is 1. The van der Waals surface area contributed by atoms with Gasteiger partial charge in [-0.3, -0.25) is 10.1 Å². The van der Waals surface area contributed by atoms with Gasteiger partial charge in [-0.05, 0) is 34.7 Å². The maximum absolute atomic E-state index is 10.8. The van der Waals surface area contributed by atoms with Crippen molar-refractivity contribution in [3.63, 3.8) is 0 Å². The Morgan fingerprint density at radius 2 is 2.00 bits per heavy atom. The molecule has 3 rings (SSSR count). The smallest absolute Gasteiger partial charge is 0.270 e. The molecule has 1 N–H and O–H groups in total. The topological polar surface area (TPSA) is 58.9 Å². The largest absolute Gasteiger partial charge is 0.354 e. The minimum Gasteiger partial charge on any atom is -0.354 e. The first-order chi connectivity index (χ1) is 8.16. The monoisotopic (exact) mass is 338 g/mol. The van der Waals surface area contributed by atoms with Gasteiger partial charge in [-0.15, -0.1) is 0 Å². The number of aromatic amines is 1. The maximum atomic E-state index is 10.8. The molecule has 0 unspecified atom stereocenters. The molecule has 0 bridgehead atoms. The number of nitrogens with one attached hydrogen (secondary N) is 1. The lowest BCUT2D eigenvalue weighted by atomic mass is 10.1. The minimum atomic E-state index is -0.369. The predicted molar refractivity (Wildman–Crippen MR) is 75.2 cm³/mol. The molecular formula is C12H7IN2O2. The van der Waals surface area contributed by atoms with Gasteiger partial charge in [0.05, 0.1) is 10.4 Å². The summed E-state index contributed by atoms with van der Waals surface area (Å²) in [5.74, 6) is 0. The van der Waals surface area contributed by atoms with Crippen molar-refractivity contribution in [2.24, 2.45) is 0 Å². The second-order valence-corrected chi connectivity index (χ2v) is 4.94. The highest BCUT2D eigenvalue weighted by atomic mass is 127. The summed E-state index contributed by atoms with van der Waals surface area (Å²) in [6.45, 7) is 0. The van der Waals surface area contributed by atoms with Crippen LogP contribution in [-0.2, 0) is 0 Å². The van der Waals surface area contributed by atoms with Crippen molar-refractivity contribution in [3.8, 4) is 0 Å². The molecule has 0 amide bonds. The fraction of sp³-hybridized carbons (Fsp3) is 0. The van der Waals surface area contributed by atoms with Crippen molar-refractivity contribution in [1.29, 1.82) is 0 Å². The molecule has 0 spiro atoms. The van der Waals surface area contributed by atoms with Crippen molar-refractivity contribution in [2.75, 3.05) is 0 Å². The van der Waals surface area contributed by atoms with Gasteiger partial charge >= 0.3 is 0 Å². The lowest BCUT2D eigenvalue weighted by Crippen LogP contribution is -1.86. The summed E-state index contributed by atoms with van der Waals surface area (Å²) in [6.07, 6.45) is 0. The summed E-state index contributed by atoms with van der Waals surface area (Å²) in [7, 11) is 0. The molecule has 0 fully saturated rings. The van der Waals surface area contributed by atoms with Crippen molar-refractivity contribution in [3.05, 3.63) is 50.1 Å². The quantitative estimate of drug-likeness (QED) is 0.416. The number of para-hydroxylation sites is 1. The highest BCUT2D eigenvalue weighted by molar-refractivity contribution is 14.1. The van der Waals surface area contributed by atoms with Crippen LogP contribution in [0.2, 0.25) is 0 Å². The van der Waals surface area contributed by atoms with Gasteiger partial charge < -0.3 is 4.98 Å². The summed E-state index contributed by atoms with van der Waals surface area (Å²) in [4.78, 5) is 13.7. The number of hydrogen-bond acceptors (Lipinski definition) is 2. The van der Waals surface area contributed by atoms with E-state index in [2.05, 4.69) is 27.6 Å². The van der Waals surface area contributed by atoms with Crippen LogP contribution >= 0.6 is 22.6 Å². The number of H-pyrrole nitrogens is 1. The van der Waals surface area contributed by atoms with Crippen molar-refractivity contribution in [1.82, 2.24) is 4.98 Å². The SMILES string of the molecule is O=[N+]([O-])c1ccc2[nH]c3c(I)cccc3c2c1.